The van der Waals surface area contributed by atoms with E-state index in [-0.39, 0.29) is 17.9 Å². The number of hydrogen-bond donors (Lipinski definition) is 1. The molecule has 0 saturated carbocycles. The van der Waals surface area contributed by atoms with Crippen LogP contribution < -0.4 is 5.32 Å². The third-order valence-electron chi connectivity index (χ3n) is 3.82. The van der Waals surface area contributed by atoms with E-state index in [1.807, 2.05) is 24.3 Å². The Morgan fingerprint density at radius 3 is 2.22 bits per heavy atom. The van der Waals surface area contributed by atoms with Gasteiger partial charge in [0.15, 0.2) is 0 Å². The lowest BCUT2D eigenvalue weighted by Crippen LogP contribution is -2.19. The van der Waals surface area contributed by atoms with Gasteiger partial charge in [-0.25, -0.2) is 8.78 Å². The molecule has 1 N–H and O–H groups in total. The zero-order chi connectivity index (χ0) is 16.7. The Morgan fingerprint density at radius 1 is 1.00 bits per heavy atom. The average Bonchev–Trinajstić information content (AvgIpc) is 2.57. The third kappa shape index (κ3) is 5.16. The molecule has 122 valence electrons. The number of alkyl halides is 2. The molecule has 4 heteroatoms. The summed E-state index contributed by atoms with van der Waals surface area (Å²) < 4.78 is 28.1. The second kappa shape index (κ2) is 7.86. The summed E-state index contributed by atoms with van der Waals surface area (Å²) >= 11 is 0. The number of hydrogen-bond acceptors (Lipinski definition) is 1. The minimum absolute atomic E-state index is 0.0414. The van der Waals surface area contributed by atoms with Gasteiger partial charge in [0.1, 0.15) is 0 Å². The van der Waals surface area contributed by atoms with E-state index in [0.29, 0.717) is 19.3 Å². The second-order valence-corrected chi connectivity index (χ2v) is 5.59. The first-order valence-electron chi connectivity index (χ1n) is 7.73. The Balaban J connectivity index is 1.85. The maximum absolute atomic E-state index is 14.1. The first kappa shape index (κ1) is 17.1. The van der Waals surface area contributed by atoms with Gasteiger partial charge < -0.3 is 5.32 Å². The Bertz CT molecular complexity index is 624. The first-order chi connectivity index (χ1) is 11.0. The van der Waals surface area contributed by atoms with E-state index in [4.69, 9.17) is 0 Å². The molecule has 0 bridgehead atoms. The fourth-order valence-corrected chi connectivity index (χ4v) is 2.44. The van der Waals surface area contributed by atoms with Gasteiger partial charge in [0.2, 0.25) is 5.91 Å². The van der Waals surface area contributed by atoms with Crippen LogP contribution >= 0.6 is 0 Å². The van der Waals surface area contributed by atoms with Gasteiger partial charge in [-0.1, -0.05) is 54.6 Å². The van der Waals surface area contributed by atoms with Crippen molar-refractivity contribution >= 4 is 5.91 Å². The number of amides is 1. The molecule has 1 amide bonds. The van der Waals surface area contributed by atoms with Gasteiger partial charge in [-0.2, -0.15) is 0 Å². The Kier molecular flexibility index (Phi) is 5.85. The molecule has 2 aromatic rings. The van der Waals surface area contributed by atoms with Crippen LogP contribution in [0, 0.1) is 0 Å². The Labute approximate surface area is 135 Å². The van der Waals surface area contributed by atoms with E-state index in [1.165, 1.54) is 12.1 Å². The van der Waals surface area contributed by atoms with Crippen LogP contribution in [0.3, 0.4) is 0 Å². The highest BCUT2D eigenvalue weighted by molar-refractivity contribution is 5.78. The van der Waals surface area contributed by atoms with Gasteiger partial charge in [-0.3, -0.25) is 4.79 Å². The highest BCUT2D eigenvalue weighted by Crippen LogP contribution is 2.33. The molecule has 0 aromatic heterocycles. The fraction of sp³-hybridized carbons (Fsp3) is 0.316. The maximum Gasteiger partial charge on any atom is 0.273 e. The summed E-state index contributed by atoms with van der Waals surface area (Å²) in [5.74, 6) is -2.83. The van der Waals surface area contributed by atoms with Crippen LogP contribution in [0.2, 0.25) is 0 Å². The lowest BCUT2D eigenvalue weighted by Gasteiger charge is -2.16. The molecular formula is C19H21F2NO. The monoisotopic (exact) mass is 317 g/mol. The van der Waals surface area contributed by atoms with Gasteiger partial charge in [0.25, 0.3) is 5.92 Å². The molecule has 2 rings (SSSR count). The molecule has 2 aromatic carbocycles. The molecule has 0 unspecified atom stereocenters. The molecule has 2 nitrogen and oxygen atoms in total. The van der Waals surface area contributed by atoms with Crippen LogP contribution in [0.5, 0.6) is 0 Å². The SMILES string of the molecule is CNC(=O)Cc1ccc(CCCC(F)(F)c2ccccc2)cc1. The van der Waals surface area contributed by atoms with Crippen LogP contribution in [0.15, 0.2) is 54.6 Å². The number of halogens is 2. The van der Waals surface area contributed by atoms with E-state index in [2.05, 4.69) is 5.32 Å². The fourth-order valence-electron chi connectivity index (χ4n) is 2.44. The van der Waals surface area contributed by atoms with Gasteiger partial charge in [-0.15, -0.1) is 0 Å². The third-order valence-corrected chi connectivity index (χ3v) is 3.82. The zero-order valence-electron chi connectivity index (χ0n) is 13.2. The smallest absolute Gasteiger partial charge is 0.273 e. The van der Waals surface area contributed by atoms with Gasteiger partial charge in [0.05, 0.1) is 6.42 Å². The van der Waals surface area contributed by atoms with Crippen molar-refractivity contribution in [1.29, 1.82) is 0 Å². The van der Waals surface area contributed by atoms with Crippen molar-refractivity contribution < 1.29 is 13.6 Å². The zero-order valence-corrected chi connectivity index (χ0v) is 13.2. The van der Waals surface area contributed by atoms with E-state index in [1.54, 1.807) is 25.2 Å². The van der Waals surface area contributed by atoms with Gasteiger partial charge in [0, 0.05) is 19.0 Å². The minimum Gasteiger partial charge on any atom is -0.359 e. The van der Waals surface area contributed by atoms with E-state index < -0.39 is 5.92 Å². The summed E-state index contributed by atoms with van der Waals surface area (Å²) in [5.41, 5.74) is 2.00. The van der Waals surface area contributed by atoms with E-state index >= 15 is 0 Å². The van der Waals surface area contributed by atoms with E-state index in [0.717, 1.165) is 11.1 Å². The Hall–Kier alpha value is -2.23. The molecule has 23 heavy (non-hydrogen) atoms. The molecule has 0 heterocycles. The molecule has 0 aliphatic carbocycles. The summed E-state index contributed by atoms with van der Waals surface area (Å²) in [6.45, 7) is 0. The van der Waals surface area contributed by atoms with Gasteiger partial charge >= 0.3 is 0 Å². The van der Waals surface area contributed by atoms with Crippen LogP contribution in [-0.2, 0) is 23.6 Å². The molecule has 0 aliphatic heterocycles. The molecule has 0 spiro atoms. The number of likely N-dealkylation sites (N-methyl/N-ethyl adjacent to an activating group) is 1. The molecule has 0 atom stereocenters. The first-order valence-corrected chi connectivity index (χ1v) is 7.73. The lowest BCUT2D eigenvalue weighted by molar-refractivity contribution is -0.119. The number of benzene rings is 2. The number of rotatable bonds is 7. The van der Waals surface area contributed by atoms with Crippen molar-refractivity contribution in [2.24, 2.45) is 0 Å². The van der Waals surface area contributed by atoms with Crippen LogP contribution in [-0.4, -0.2) is 13.0 Å². The predicted octanol–water partition coefficient (Wildman–Crippen LogP) is 4.09. The van der Waals surface area contributed by atoms with E-state index in [9.17, 15) is 13.6 Å². The number of aryl methyl sites for hydroxylation is 1. The van der Waals surface area contributed by atoms with Crippen LogP contribution in [0.4, 0.5) is 8.78 Å². The number of nitrogens with one attached hydrogen (secondary N) is 1. The molecule has 0 saturated heterocycles. The highest BCUT2D eigenvalue weighted by Gasteiger charge is 2.30. The van der Waals surface area contributed by atoms with Gasteiger partial charge in [-0.05, 0) is 24.0 Å². The predicted molar refractivity (Wildman–Crippen MR) is 87.5 cm³/mol. The quantitative estimate of drug-likeness (QED) is 0.819. The second-order valence-electron chi connectivity index (χ2n) is 5.59. The van der Waals surface area contributed by atoms with Crippen molar-refractivity contribution in [2.45, 2.75) is 31.6 Å². The van der Waals surface area contributed by atoms with Crippen molar-refractivity contribution in [3.8, 4) is 0 Å². The number of carbonyl (C=O) groups excluding carboxylic acids is 1. The summed E-state index contributed by atoms with van der Waals surface area (Å²) in [6, 6.07) is 15.5. The van der Waals surface area contributed by atoms with Crippen molar-refractivity contribution in [2.75, 3.05) is 7.05 Å². The molecule has 0 radical (unpaired) electrons. The van der Waals surface area contributed by atoms with Crippen molar-refractivity contribution in [1.82, 2.24) is 5.32 Å². The topological polar surface area (TPSA) is 29.1 Å². The lowest BCUT2D eigenvalue weighted by atomic mass is 9.99. The average molecular weight is 317 g/mol. The van der Waals surface area contributed by atoms with Crippen molar-refractivity contribution in [3.05, 3.63) is 71.3 Å². The molecular weight excluding hydrogens is 296 g/mol. The summed E-state index contributed by atoms with van der Waals surface area (Å²) in [5, 5.41) is 2.57. The highest BCUT2D eigenvalue weighted by atomic mass is 19.3. The summed E-state index contributed by atoms with van der Waals surface area (Å²) in [6.07, 6.45) is 1.18. The molecule has 0 fully saturated rings. The molecule has 0 aliphatic rings. The minimum atomic E-state index is -2.79. The summed E-state index contributed by atoms with van der Waals surface area (Å²) in [7, 11) is 1.60. The van der Waals surface area contributed by atoms with Crippen molar-refractivity contribution in [3.63, 3.8) is 0 Å². The van der Waals surface area contributed by atoms with Crippen LogP contribution in [0.25, 0.3) is 0 Å². The summed E-state index contributed by atoms with van der Waals surface area (Å²) in [4.78, 5) is 11.3. The normalized spacial score (nSPS) is 11.3. The number of carbonyl (C=O) groups is 1. The van der Waals surface area contributed by atoms with Crippen LogP contribution in [0.1, 0.15) is 29.5 Å². The Morgan fingerprint density at radius 2 is 1.61 bits per heavy atom. The standard InChI is InChI=1S/C19H21F2NO/c1-22-18(23)14-16-11-9-15(10-12-16)6-5-13-19(20,21)17-7-3-2-4-8-17/h2-4,7-12H,5-6,13-14H2,1H3,(H,22,23). The largest absolute Gasteiger partial charge is 0.359 e. The maximum atomic E-state index is 14.1.